The quantitative estimate of drug-likeness (QED) is 0.750. The van der Waals surface area contributed by atoms with E-state index in [9.17, 15) is 13.9 Å². The van der Waals surface area contributed by atoms with Gasteiger partial charge in [-0.05, 0) is 17.7 Å². The highest BCUT2D eigenvalue weighted by Crippen LogP contribution is 2.25. The molecule has 1 aromatic carbocycles. The highest BCUT2D eigenvalue weighted by atomic mass is 19.1. The number of aliphatic hydroxyl groups excluding tert-OH is 1. The summed E-state index contributed by atoms with van der Waals surface area (Å²) < 4.78 is 25.6. The molecule has 0 bridgehead atoms. The third-order valence-corrected chi connectivity index (χ3v) is 2.49. The van der Waals surface area contributed by atoms with E-state index in [4.69, 9.17) is 0 Å². The molecule has 1 unspecified atom stereocenters. The lowest BCUT2D eigenvalue weighted by Crippen LogP contribution is -2.45. The van der Waals surface area contributed by atoms with Crippen molar-refractivity contribution >= 4 is 0 Å². The Morgan fingerprint density at radius 2 is 1.79 bits per heavy atom. The van der Waals surface area contributed by atoms with Crippen LogP contribution in [0.2, 0.25) is 0 Å². The molecule has 4 heteroatoms. The molecule has 0 spiro atoms. The Morgan fingerprint density at radius 3 is 2.21 bits per heavy atom. The summed E-state index contributed by atoms with van der Waals surface area (Å²) in [6.07, 6.45) is -0.776. The first-order valence-electron chi connectivity index (χ1n) is 4.51. The van der Waals surface area contributed by atoms with E-state index >= 15 is 0 Å². The summed E-state index contributed by atoms with van der Waals surface area (Å²) >= 11 is 0. The van der Waals surface area contributed by atoms with Crippen molar-refractivity contribution in [2.24, 2.45) is 5.92 Å². The lowest BCUT2D eigenvalue weighted by molar-refractivity contribution is 0.0762. The molecule has 0 radical (unpaired) electrons. The third-order valence-electron chi connectivity index (χ3n) is 2.49. The number of hydrogen-bond acceptors (Lipinski definition) is 2. The van der Waals surface area contributed by atoms with Crippen molar-refractivity contribution in [3.8, 4) is 0 Å². The van der Waals surface area contributed by atoms with Crippen molar-refractivity contribution in [2.75, 3.05) is 13.1 Å². The van der Waals surface area contributed by atoms with Crippen LogP contribution in [0, 0.1) is 17.6 Å². The van der Waals surface area contributed by atoms with E-state index < -0.39 is 17.7 Å². The number of halogens is 2. The summed E-state index contributed by atoms with van der Waals surface area (Å²) in [4.78, 5) is 0. The number of rotatable bonds is 2. The third kappa shape index (κ3) is 1.76. The normalized spacial score (nSPS) is 19.1. The van der Waals surface area contributed by atoms with Gasteiger partial charge in [0.05, 0.1) is 6.10 Å². The Morgan fingerprint density at radius 1 is 1.21 bits per heavy atom. The first-order chi connectivity index (χ1) is 6.66. The fourth-order valence-corrected chi connectivity index (χ4v) is 1.55. The highest BCUT2D eigenvalue weighted by molar-refractivity contribution is 5.21. The number of nitrogens with one attached hydrogen (secondary N) is 1. The van der Waals surface area contributed by atoms with Gasteiger partial charge in [0.15, 0.2) is 0 Å². The zero-order chi connectivity index (χ0) is 10.1. The van der Waals surface area contributed by atoms with Gasteiger partial charge in [-0.2, -0.15) is 0 Å². The Kier molecular flexibility index (Phi) is 2.48. The zero-order valence-corrected chi connectivity index (χ0v) is 7.50. The van der Waals surface area contributed by atoms with Crippen LogP contribution in [0.1, 0.15) is 11.7 Å². The van der Waals surface area contributed by atoms with Crippen LogP contribution < -0.4 is 5.32 Å². The Labute approximate surface area is 80.6 Å². The molecule has 1 saturated heterocycles. The van der Waals surface area contributed by atoms with Crippen LogP contribution in [0.15, 0.2) is 18.2 Å². The maximum absolute atomic E-state index is 12.8. The van der Waals surface area contributed by atoms with Gasteiger partial charge in [0.2, 0.25) is 0 Å². The molecule has 1 atom stereocenters. The number of benzene rings is 1. The van der Waals surface area contributed by atoms with Gasteiger partial charge in [0.25, 0.3) is 0 Å². The summed E-state index contributed by atoms with van der Waals surface area (Å²) in [6.45, 7) is 1.39. The van der Waals surface area contributed by atoms with Crippen molar-refractivity contribution in [2.45, 2.75) is 6.10 Å². The molecule has 1 aliphatic rings. The number of aliphatic hydroxyl groups is 1. The molecule has 1 aromatic rings. The fraction of sp³-hybridized carbons (Fsp3) is 0.400. The average Bonchev–Trinajstić information content (AvgIpc) is 1.98. The second kappa shape index (κ2) is 3.63. The molecular formula is C10H11F2NO. The van der Waals surface area contributed by atoms with Crippen molar-refractivity contribution in [1.29, 1.82) is 0 Å². The van der Waals surface area contributed by atoms with Gasteiger partial charge < -0.3 is 10.4 Å². The van der Waals surface area contributed by atoms with Crippen LogP contribution in [0.5, 0.6) is 0 Å². The Bertz CT molecular complexity index is 319. The molecule has 0 aliphatic carbocycles. The predicted molar refractivity (Wildman–Crippen MR) is 47.7 cm³/mol. The summed E-state index contributed by atoms with van der Waals surface area (Å²) in [5, 5.41) is 12.7. The van der Waals surface area contributed by atoms with Crippen LogP contribution in [0.4, 0.5) is 8.78 Å². The lowest BCUT2D eigenvalue weighted by atomic mass is 9.91. The van der Waals surface area contributed by atoms with Crippen LogP contribution in [-0.2, 0) is 0 Å². The van der Waals surface area contributed by atoms with E-state index in [1.165, 1.54) is 12.1 Å². The second-order valence-corrected chi connectivity index (χ2v) is 3.57. The molecule has 1 heterocycles. The van der Waals surface area contributed by atoms with Gasteiger partial charge in [0.1, 0.15) is 11.6 Å². The minimum Gasteiger partial charge on any atom is -0.388 e. The summed E-state index contributed by atoms with van der Waals surface area (Å²) in [5.41, 5.74) is 0.314. The minimum atomic E-state index is -0.776. The molecular weight excluding hydrogens is 188 g/mol. The van der Waals surface area contributed by atoms with E-state index in [-0.39, 0.29) is 5.92 Å². The largest absolute Gasteiger partial charge is 0.388 e. The van der Waals surface area contributed by atoms with Crippen LogP contribution in [0.3, 0.4) is 0 Å². The van der Waals surface area contributed by atoms with E-state index in [1.54, 1.807) is 0 Å². The van der Waals surface area contributed by atoms with E-state index in [1.807, 2.05) is 0 Å². The van der Waals surface area contributed by atoms with E-state index in [0.717, 1.165) is 6.07 Å². The van der Waals surface area contributed by atoms with Gasteiger partial charge in [-0.3, -0.25) is 0 Å². The molecule has 0 aromatic heterocycles. The average molecular weight is 199 g/mol. The Balaban J connectivity index is 2.21. The zero-order valence-electron chi connectivity index (χ0n) is 7.50. The molecule has 2 nitrogen and oxygen atoms in total. The standard InChI is InChI=1S/C10H11F2NO/c11-8-1-6(2-9(12)3-8)10(14)7-4-13-5-7/h1-3,7,10,13-14H,4-5H2. The highest BCUT2D eigenvalue weighted by Gasteiger charge is 2.26. The molecule has 0 saturated carbocycles. The lowest BCUT2D eigenvalue weighted by Gasteiger charge is -2.31. The van der Waals surface area contributed by atoms with Crippen molar-refractivity contribution < 1.29 is 13.9 Å². The summed E-state index contributed by atoms with van der Waals surface area (Å²) in [5.74, 6) is -1.23. The molecule has 2 N–H and O–H groups in total. The van der Waals surface area contributed by atoms with Gasteiger partial charge in [-0.15, -0.1) is 0 Å². The van der Waals surface area contributed by atoms with E-state index in [0.29, 0.717) is 18.7 Å². The first kappa shape index (κ1) is 9.55. The van der Waals surface area contributed by atoms with Crippen LogP contribution >= 0.6 is 0 Å². The summed E-state index contributed by atoms with van der Waals surface area (Å²) in [7, 11) is 0. The fourth-order valence-electron chi connectivity index (χ4n) is 1.55. The van der Waals surface area contributed by atoms with Gasteiger partial charge in [-0.25, -0.2) is 8.78 Å². The SMILES string of the molecule is OC(c1cc(F)cc(F)c1)C1CNC1. The minimum absolute atomic E-state index is 0.0659. The first-order valence-corrected chi connectivity index (χ1v) is 4.51. The molecule has 14 heavy (non-hydrogen) atoms. The predicted octanol–water partition coefficient (Wildman–Crippen LogP) is 1.22. The molecule has 2 rings (SSSR count). The smallest absolute Gasteiger partial charge is 0.126 e. The van der Waals surface area contributed by atoms with E-state index in [2.05, 4.69) is 5.32 Å². The number of hydrogen-bond donors (Lipinski definition) is 2. The van der Waals surface area contributed by atoms with Gasteiger partial charge in [-0.1, -0.05) is 0 Å². The van der Waals surface area contributed by atoms with Gasteiger partial charge in [0, 0.05) is 25.1 Å². The maximum Gasteiger partial charge on any atom is 0.126 e. The van der Waals surface area contributed by atoms with Gasteiger partial charge >= 0.3 is 0 Å². The second-order valence-electron chi connectivity index (χ2n) is 3.57. The molecule has 76 valence electrons. The molecule has 1 aliphatic heterocycles. The molecule has 1 fully saturated rings. The van der Waals surface area contributed by atoms with Crippen molar-refractivity contribution in [1.82, 2.24) is 5.32 Å². The Hall–Kier alpha value is -1.00. The van der Waals surface area contributed by atoms with Crippen LogP contribution in [0.25, 0.3) is 0 Å². The summed E-state index contributed by atoms with van der Waals surface area (Å²) in [6, 6.07) is 3.15. The van der Waals surface area contributed by atoms with Crippen molar-refractivity contribution in [3.63, 3.8) is 0 Å². The monoisotopic (exact) mass is 199 g/mol. The van der Waals surface area contributed by atoms with Crippen LogP contribution in [-0.4, -0.2) is 18.2 Å². The topological polar surface area (TPSA) is 32.3 Å². The van der Waals surface area contributed by atoms with Crippen molar-refractivity contribution in [3.05, 3.63) is 35.4 Å². The maximum atomic E-state index is 12.8. The molecule has 0 amide bonds.